The fourth-order valence-corrected chi connectivity index (χ4v) is 3.24. The minimum Gasteiger partial charge on any atom is -0.460 e. The molecule has 0 radical (unpaired) electrons. The molecule has 0 aliphatic carbocycles. The molecule has 1 saturated heterocycles. The number of pyridine rings is 1. The number of nitrogens with zero attached hydrogens (tertiary/aromatic N) is 3. The third-order valence-corrected chi connectivity index (χ3v) is 4.66. The summed E-state index contributed by atoms with van der Waals surface area (Å²) in [6, 6.07) is 11.2. The molecule has 140 valence electrons. The van der Waals surface area contributed by atoms with Crippen molar-refractivity contribution in [2.24, 2.45) is 0 Å². The molecule has 0 saturated carbocycles. The number of aromatic amines is 1. The van der Waals surface area contributed by atoms with Crippen molar-refractivity contribution in [3.8, 4) is 11.5 Å². The lowest BCUT2D eigenvalue weighted by atomic mass is 10.1. The van der Waals surface area contributed by atoms with Crippen molar-refractivity contribution in [2.45, 2.75) is 32.5 Å². The van der Waals surface area contributed by atoms with Gasteiger partial charge in [0.15, 0.2) is 11.5 Å². The lowest BCUT2D eigenvalue weighted by Crippen LogP contribution is -2.43. The quantitative estimate of drug-likeness (QED) is 0.750. The molecule has 3 aromatic heterocycles. The van der Waals surface area contributed by atoms with E-state index in [1.807, 2.05) is 37.3 Å². The topological polar surface area (TPSA) is 84.3 Å². The van der Waals surface area contributed by atoms with Crippen LogP contribution < -0.4 is 0 Å². The Bertz CT molecular complexity index is 903. The van der Waals surface area contributed by atoms with Crippen LogP contribution in [-0.2, 0) is 11.3 Å². The molecule has 0 spiro atoms. The predicted molar refractivity (Wildman–Crippen MR) is 99.0 cm³/mol. The normalized spacial score (nSPS) is 17.2. The van der Waals surface area contributed by atoms with E-state index < -0.39 is 0 Å². The van der Waals surface area contributed by atoms with E-state index in [-0.39, 0.29) is 12.0 Å². The first kappa shape index (κ1) is 17.5. The molecule has 1 fully saturated rings. The molecule has 0 bridgehead atoms. The van der Waals surface area contributed by atoms with E-state index >= 15 is 0 Å². The van der Waals surface area contributed by atoms with Crippen molar-refractivity contribution < 1.29 is 13.9 Å². The highest BCUT2D eigenvalue weighted by molar-refractivity contribution is 5.93. The largest absolute Gasteiger partial charge is 0.460 e. The maximum absolute atomic E-state index is 12.8. The molecule has 7 nitrogen and oxygen atoms in total. The Kier molecular flexibility index (Phi) is 5.02. The number of amides is 1. The van der Waals surface area contributed by atoms with E-state index in [0.717, 1.165) is 24.3 Å². The molecule has 1 N–H and O–H groups in total. The van der Waals surface area contributed by atoms with Gasteiger partial charge in [-0.15, -0.1) is 0 Å². The second-order valence-electron chi connectivity index (χ2n) is 6.72. The summed E-state index contributed by atoms with van der Waals surface area (Å²) in [6.07, 6.45) is 3.61. The van der Waals surface area contributed by atoms with Crippen molar-refractivity contribution >= 4 is 5.91 Å². The predicted octanol–water partition coefficient (Wildman–Crippen LogP) is 3.19. The van der Waals surface area contributed by atoms with E-state index in [2.05, 4.69) is 15.2 Å². The van der Waals surface area contributed by atoms with Gasteiger partial charge in [-0.2, -0.15) is 5.10 Å². The lowest BCUT2D eigenvalue weighted by Gasteiger charge is -2.32. The van der Waals surface area contributed by atoms with Crippen LogP contribution in [0.2, 0.25) is 0 Å². The average molecular weight is 366 g/mol. The van der Waals surface area contributed by atoms with Crippen molar-refractivity contribution in [2.75, 3.05) is 13.1 Å². The molecule has 4 heterocycles. The van der Waals surface area contributed by atoms with Gasteiger partial charge >= 0.3 is 0 Å². The van der Waals surface area contributed by atoms with Crippen molar-refractivity contribution in [1.82, 2.24) is 20.1 Å². The zero-order chi connectivity index (χ0) is 18.6. The van der Waals surface area contributed by atoms with Gasteiger partial charge in [-0.05, 0) is 44.0 Å². The molecule has 1 aliphatic rings. The molecule has 4 rings (SSSR count). The van der Waals surface area contributed by atoms with Crippen LogP contribution in [0.3, 0.4) is 0 Å². The Morgan fingerprint density at radius 2 is 2.30 bits per heavy atom. The average Bonchev–Trinajstić information content (AvgIpc) is 3.36. The number of piperidine rings is 1. The third kappa shape index (κ3) is 4.09. The van der Waals surface area contributed by atoms with Crippen LogP contribution in [0.15, 0.2) is 47.0 Å². The van der Waals surface area contributed by atoms with Crippen LogP contribution in [0.5, 0.6) is 0 Å². The number of aryl methyl sites for hydroxylation is 1. The number of H-pyrrole nitrogens is 1. The van der Waals surface area contributed by atoms with Crippen LogP contribution >= 0.6 is 0 Å². The fourth-order valence-electron chi connectivity index (χ4n) is 3.24. The van der Waals surface area contributed by atoms with Gasteiger partial charge in [-0.1, -0.05) is 6.07 Å². The van der Waals surface area contributed by atoms with Crippen LogP contribution in [0, 0.1) is 6.92 Å². The maximum Gasteiger partial charge on any atom is 0.274 e. The number of likely N-dealkylation sites (tertiary alicyclic amines) is 1. The summed E-state index contributed by atoms with van der Waals surface area (Å²) in [7, 11) is 0. The van der Waals surface area contributed by atoms with Crippen LogP contribution in [0.1, 0.15) is 34.8 Å². The van der Waals surface area contributed by atoms with E-state index in [0.29, 0.717) is 36.8 Å². The number of hydrogen-bond acceptors (Lipinski definition) is 5. The molecule has 1 atom stereocenters. The monoisotopic (exact) mass is 366 g/mol. The molecule has 1 amide bonds. The summed E-state index contributed by atoms with van der Waals surface area (Å²) in [6.45, 7) is 3.61. The number of hydrogen-bond donors (Lipinski definition) is 1. The van der Waals surface area contributed by atoms with Crippen LogP contribution in [0.4, 0.5) is 0 Å². The highest BCUT2D eigenvalue weighted by atomic mass is 16.5. The lowest BCUT2D eigenvalue weighted by molar-refractivity contribution is -0.00801. The number of furan rings is 1. The standard InChI is InChI=1S/C20H22N4O3/c1-14-7-8-19(27-14)17-11-18(23-22-17)20(25)24-10-4-6-16(12-24)26-13-15-5-2-3-9-21-15/h2-3,5,7-9,11,16H,4,6,10,12-13H2,1H3,(H,22,23). The van der Waals surface area contributed by atoms with Gasteiger partial charge in [-0.3, -0.25) is 14.9 Å². The molecule has 27 heavy (non-hydrogen) atoms. The van der Waals surface area contributed by atoms with Crippen molar-refractivity contribution in [3.05, 3.63) is 59.7 Å². The summed E-state index contributed by atoms with van der Waals surface area (Å²) < 4.78 is 11.5. The smallest absolute Gasteiger partial charge is 0.274 e. The maximum atomic E-state index is 12.8. The number of carbonyl (C=O) groups is 1. The Morgan fingerprint density at radius 1 is 1.37 bits per heavy atom. The number of carbonyl (C=O) groups excluding carboxylic acids is 1. The van der Waals surface area contributed by atoms with E-state index in [1.165, 1.54) is 0 Å². The van der Waals surface area contributed by atoms with E-state index in [9.17, 15) is 4.79 Å². The second kappa shape index (κ2) is 7.75. The van der Waals surface area contributed by atoms with Crippen LogP contribution in [0.25, 0.3) is 11.5 Å². The summed E-state index contributed by atoms with van der Waals surface area (Å²) in [4.78, 5) is 18.9. The van der Waals surface area contributed by atoms with Gasteiger partial charge in [-0.25, -0.2) is 0 Å². The first-order valence-electron chi connectivity index (χ1n) is 9.12. The molecule has 0 aromatic carbocycles. The van der Waals surface area contributed by atoms with Gasteiger partial charge < -0.3 is 14.1 Å². The van der Waals surface area contributed by atoms with Gasteiger partial charge in [0.1, 0.15) is 11.5 Å². The van der Waals surface area contributed by atoms with E-state index in [1.54, 1.807) is 17.2 Å². The third-order valence-electron chi connectivity index (χ3n) is 4.66. The molecule has 1 unspecified atom stereocenters. The molecular weight excluding hydrogens is 344 g/mol. The Hall–Kier alpha value is -2.93. The fraction of sp³-hybridized carbons (Fsp3) is 0.350. The summed E-state index contributed by atoms with van der Waals surface area (Å²) >= 11 is 0. The Morgan fingerprint density at radius 3 is 3.07 bits per heavy atom. The number of aromatic nitrogens is 3. The minimum atomic E-state index is -0.0908. The summed E-state index contributed by atoms with van der Waals surface area (Å²) in [5, 5.41) is 7.05. The number of nitrogens with one attached hydrogen (secondary N) is 1. The van der Waals surface area contributed by atoms with Gasteiger partial charge in [0.2, 0.25) is 0 Å². The molecule has 1 aliphatic heterocycles. The number of ether oxygens (including phenoxy) is 1. The SMILES string of the molecule is Cc1ccc(-c2cc(C(=O)N3CCCC(OCc4ccccn4)C3)n[nH]2)o1. The van der Waals surface area contributed by atoms with Crippen molar-refractivity contribution in [1.29, 1.82) is 0 Å². The number of rotatable bonds is 5. The van der Waals surface area contributed by atoms with Gasteiger partial charge in [0.25, 0.3) is 5.91 Å². The van der Waals surface area contributed by atoms with E-state index in [4.69, 9.17) is 9.15 Å². The molecular formula is C20H22N4O3. The first-order valence-corrected chi connectivity index (χ1v) is 9.12. The summed E-state index contributed by atoms with van der Waals surface area (Å²) in [5.41, 5.74) is 1.99. The Labute approximate surface area is 157 Å². The highest BCUT2D eigenvalue weighted by Gasteiger charge is 2.26. The molecule has 7 heteroatoms. The zero-order valence-corrected chi connectivity index (χ0v) is 15.2. The van der Waals surface area contributed by atoms with Crippen molar-refractivity contribution in [3.63, 3.8) is 0 Å². The van der Waals surface area contributed by atoms with Crippen LogP contribution in [-0.4, -0.2) is 45.2 Å². The first-order chi connectivity index (χ1) is 13.2. The second-order valence-corrected chi connectivity index (χ2v) is 6.72. The Balaban J connectivity index is 1.38. The van der Waals surface area contributed by atoms with Gasteiger partial charge in [0, 0.05) is 25.4 Å². The summed E-state index contributed by atoms with van der Waals surface area (Å²) in [5.74, 6) is 1.40. The van der Waals surface area contributed by atoms with Gasteiger partial charge in [0.05, 0.1) is 18.4 Å². The minimum absolute atomic E-state index is 0.0100. The highest BCUT2D eigenvalue weighted by Crippen LogP contribution is 2.22. The zero-order valence-electron chi connectivity index (χ0n) is 15.2. The molecule has 3 aromatic rings.